The van der Waals surface area contributed by atoms with Crippen LogP contribution in [0.3, 0.4) is 0 Å². The fourth-order valence-electron chi connectivity index (χ4n) is 2.25. The van der Waals surface area contributed by atoms with Gasteiger partial charge in [0.25, 0.3) is 0 Å². The minimum Gasteiger partial charge on any atom is -0.398 e. The molecular formula is C12H21N3O2S2. The van der Waals surface area contributed by atoms with E-state index in [0.717, 1.165) is 30.0 Å². The van der Waals surface area contributed by atoms with Crippen molar-refractivity contribution in [3.8, 4) is 0 Å². The van der Waals surface area contributed by atoms with Gasteiger partial charge in [0.2, 0.25) is 10.0 Å². The number of nitrogens with two attached hydrogens (primary N) is 1. The Bertz CT molecular complexity index is 505. The van der Waals surface area contributed by atoms with Crippen LogP contribution >= 0.6 is 11.3 Å². The molecule has 2 rings (SSSR count). The Morgan fingerprint density at radius 1 is 1.47 bits per heavy atom. The number of nitrogens with zero attached hydrogens (tertiary/aromatic N) is 1. The minimum atomic E-state index is -3.02. The van der Waals surface area contributed by atoms with E-state index in [1.807, 2.05) is 11.4 Å². The van der Waals surface area contributed by atoms with Gasteiger partial charge in [-0.3, -0.25) is 0 Å². The van der Waals surface area contributed by atoms with Gasteiger partial charge in [0.05, 0.1) is 5.75 Å². The first-order valence-electron chi connectivity index (χ1n) is 6.56. The highest BCUT2D eigenvalue weighted by Gasteiger charge is 2.26. The Hall–Kier alpha value is -0.630. The number of rotatable bonds is 5. The molecule has 0 saturated carbocycles. The highest BCUT2D eigenvalue weighted by molar-refractivity contribution is 7.89. The lowest BCUT2D eigenvalue weighted by Gasteiger charge is -2.31. The van der Waals surface area contributed by atoms with Crippen molar-refractivity contribution < 1.29 is 8.42 Å². The van der Waals surface area contributed by atoms with Crippen molar-refractivity contribution in [2.24, 2.45) is 0 Å². The summed E-state index contributed by atoms with van der Waals surface area (Å²) in [6, 6.07) is 2.29. The van der Waals surface area contributed by atoms with Gasteiger partial charge < -0.3 is 11.1 Å². The van der Waals surface area contributed by atoms with E-state index in [9.17, 15) is 8.42 Å². The molecule has 19 heavy (non-hydrogen) atoms. The molecule has 0 aliphatic carbocycles. The Morgan fingerprint density at radius 2 is 2.16 bits per heavy atom. The van der Waals surface area contributed by atoms with Gasteiger partial charge in [-0.15, -0.1) is 11.3 Å². The van der Waals surface area contributed by atoms with E-state index < -0.39 is 10.0 Å². The van der Waals surface area contributed by atoms with Crippen molar-refractivity contribution in [3.05, 3.63) is 16.3 Å². The third-order valence-electron chi connectivity index (χ3n) is 3.54. The van der Waals surface area contributed by atoms with Crippen LogP contribution in [0.15, 0.2) is 11.4 Å². The first-order chi connectivity index (χ1) is 9.03. The summed E-state index contributed by atoms with van der Waals surface area (Å²) < 4.78 is 25.1. The maximum Gasteiger partial charge on any atom is 0.213 e. The topological polar surface area (TPSA) is 75.4 Å². The van der Waals surface area contributed by atoms with Crippen LogP contribution < -0.4 is 11.1 Å². The quantitative estimate of drug-likeness (QED) is 0.858. The van der Waals surface area contributed by atoms with Crippen molar-refractivity contribution >= 4 is 27.0 Å². The molecule has 5 nitrogen and oxygen atoms in total. The van der Waals surface area contributed by atoms with E-state index in [-0.39, 0.29) is 5.75 Å². The molecule has 7 heteroatoms. The zero-order chi connectivity index (χ0) is 13.9. The van der Waals surface area contributed by atoms with E-state index >= 15 is 0 Å². The van der Waals surface area contributed by atoms with E-state index in [1.54, 1.807) is 22.6 Å². The minimum absolute atomic E-state index is 0.191. The summed E-state index contributed by atoms with van der Waals surface area (Å²) in [5, 5.41) is 5.45. The summed E-state index contributed by atoms with van der Waals surface area (Å²) in [5.74, 6) is 0.191. The molecule has 0 unspecified atom stereocenters. The third-order valence-corrected chi connectivity index (χ3v) is 6.36. The van der Waals surface area contributed by atoms with Crippen molar-refractivity contribution in [1.82, 2.24) is 9.62 Å². The van der Waals surface area contributed by atoms with E-state index in [2.05, 4.69) is 5.32 Å². The average Bonchev–Trinajstić information content (AvgIpc) is 2.82. The molecule has 1 aliphatic rings. The lowest BCUT2D eigenvalue weighted by Crippen LogP contribution is -2.45. The Balaban J connectivity index is 1.80. The number of anilines is 1. The molecule has 0 aromatic carbocycles. The van der Waals surface area contributed by atoms with Gasteiger partial charge in [-0.25, -0.2) is 12.7 Å². The summed E-state index contributed by atoms with van der Waals surface area (Å²) in [6.07, 6.45) is 1.73. The number of nitrogen functional groups attached to an aromatic ring is 1. The maximum atomic E-state index is 11.7. The molecule has 2 heterocycles. The number of hydrogen-bond acceptors (Lipinski definition) is 5. The summed E-state index contributed by atoms with van der Waals surface area (Å²) in [4.78, 5) is 1.16. The van der Waals surface area contributed by atoms with E-state index in [1.165, 1.54) is 0 Å². The van der Waals surface area contributed by atoms with Gasteiger partial charge >= 0.3 is 0 Å². The molecule has 1 aromatic rings. The molecule has 0 radical (unpaired) electrons. The van der Waals surface area contributed by atoms with E-state index in [4.69, 9.17) is 5.73 Å². The summed E-state index contributed by atoms with van der Waals surface area (Å²) in [7, 11) is -3.02. The van der Waals surface area contributed by atoms with Crippen LogP contribution in [0, 0.1) is 0 Å². The average molecular weight is 303 g/mol. The van der Waals surface area contributed by atoms with E-state index in [0.29, 0.717) is 19.1 Å². The fraction of sp³-hybridized carbons (Fsp3) is 0.667. The van der Waals surface area contributed by atoms with Crippen LogP contribution in [0.5, 0.6) is 0 Å². The molecule has 108 valence electrons. The second-order valence-electron chi connectivity index (χ2n) is 4.75. The van der Waals surface area contributed by atoms with Crippen molar-refractivity contribution in [3.63, 3.8) is 0 Å². The molecule has 3 N–H and O–H groups in total. The predicted octanol–water partition coefficient (Wildman–Crippen LogP) is 1.23. The lowest BCUT2D eigenvalue weighted by molar-refractivity contribution is 0.289. The third kappa shape index (κ3) is 3.68. The predicted molar refractivity (Wildman–Crippen MR) is 79.6 cm³/mol. The van der Waals surface area contributed by atoms with Crippen molar-refractivity contribution in [2.45, 2.75) is 32.4 Å². The smallest absolute Gasteiger partial charge is 0.213 e. The van der Waals surface area contributed by atoms with Gasteiger partial charge in [0, 0.05) is 36.2 Å². The number of hydrogen-bond donors (Lipinski definition) is 2. The zero-order valence-corrected chi connectivity index (χ0v) is 12.8. The van der Waals surface area contributed by atoms with Crippen LogP contribution in [-0.2, 0) is 16.6 Å². The first-order valence-corrected chi connectivity index (χ1v) is 9.05. The molecular weight excluding hydrogens is 282 g/mol. The summed E-state index contributed by atoms with van der Waals surface area (Å²) >= 11 is 1.65. The monoisotopic (exact) mass is 303 g/mol. The first kappa shape index (κ1) is 14.8. The number of sulfonamides is 1. The summed E-state index contributed by atoms with van der Waals surface area (Å²) in [6.45, 7) is 3.70. The molecule has 0 spiro atoms. The highest BCUT2D eigenvalue weighted by atomic mass is 32.2. The number of thiophene rings is 1. The normalized spacial score (nSPS) is 18.8. The van der Waals surface area contributed by atoms with Crippen LogP contribution in [0.4, 0.5) is 5.69 Å². The number of nitrogens with one attached hydrogen (secondary N) is 1. The molecule has 1 saturated heterocycles. The van der Waals surface area contributed by atoms with Gasteiger partial charge in [0.15, 0.2) is 0 Å². The van der Waals surface area contributed by atoms with Crippen LogP contribution in [-0.4, -0.2) is 37.6 Å². The second-order valence-corrected chi connectivity index (χ2v) is 8.01. The standard InChI is InChI=1S/C12H21N3O2S2/c1-2-19(16,17)15-6-3-10(4-7-15)14-9-12-11(13)5-8-18-12/h5,8,10,14H,2-4,6-7,9,13H2,1H3. The SMILES string of the molecule is CCS(=O)(=O)N1CCC(NCc2sccc2N)CC1. The Morgan fingerprint density at radius 3 is 2.68 bits per heavy atom. The Kier molecular flexibility index (Phi) is 4.83. The largest absolute Gasteiger partial charge is 0.398 e. The van der Waals surface area contributed by atoms with Gasteiger partial charge in [0.1, 0.15) is 0 Å². The van der Waals surface area contributed by atoms with Crippen molar-refractivity contribution in [1.29, 1.82) is 0 Å². The molecule has 0 atom stereocenters. The molecule has 0 amide bonds. The lowest BCUT2D eigenvalue weighted by atomic mass is 10.1. The van der Waals surface area contributed by atoms with Gasteiger partial charge in [-0.1, -0.05) is 0 Å². The molecule has 1 fully saturated rings. The number of piperidine rings is 1. The van der Waals surface area contributed by atoms with Crippen LogP contribution in [0.1, 0.15) is 24.6 Å². The highest BCUT2D eigenvalue weighted by Crippen LogP contribution is 2.20. The van der Waals surface area contributed by atoms with Crippen molar-refractivity contribution in [2.75, 3.05) is 24.6 Å². The molecule has 1 aliphatic heterocycles. The fourth-order valence-corrected chi connectivity index (χ4v) is 4.13. The zero-order valence-electron chi connectivity index (χ0n) is 11.1. The maximum absolute atomic E-state index is 11.7. The van der Waals surface area contributed by atoms with Crippen LogP contribution in [0.2, 0.25) is 0 Å². The van der Waals surface area contributed by atoms with Gasteiger partial charge in [-0.2, -0.15) is 0 Å². The summed E-state index contributed by atoms with van der Waals surface area (Å²) in [5.41, 5.74) is 6.67. The van der Waals surface area contributed by atoms with Gasteiger partial charge in [-0.05, 0) is 31.2 Å². The molecule has 1 aromatic heterocycles. The van der Waals surface area contributed by atoms with Crippen LogP contribution in [0.25, 0.3) is 0 Å². The second kappa shape index (κ2) is 6.21. The molecule has 0 bridgehead atoms. The Labute approximate surface area is 118 Å².